The minimum Gasteiger partial charge on any atom is -0.417 e. The van der Waals surface area contributed by atoms with Gasteiger partial charge < -0.3 is 19.1 Å². The van der Waals surface area contributed by atoms with Gasteiger partial charge in [-0.15, -0.1) is 0 Å². The first-order chi connectivity index (χ1) is 10.8. The Bertz CT molecular complexity index is 990. The lowest BCUT2D eigenvalue weighted by molar-refractivity contribution is 0.0850. The largest absolute Gasteiger partial charge is 0.417 e. The number of methoxy groups -OCH3 is 1. The average Bonchev–Trinajstić information content (AvgIpc) is 2.58. The molecule has 0 spiro atoms. The monoisotopic (exact) mass is 297 g/mol. The molecule has 3 aliphatic rings. The maximum Gasteiger partial charge on any atom is 0.210 e. The summed E-state index contributed by atoms with van der Waals surface area (Å²) >= 11 is 0. The smallest absolute Gasteiger partial charge is 0.210 e. The van der Waals surface area contributed by atoms with E-state index >= 15 is 0 Å². The number of H-pyrrole nitrogens is 1. The van der Waals surface area contributed by atoms with E-state index in [0.717, 1.165) is 16.8 Å². The van der Waals surface area contributed by atoms with Crippen molar-refractivity contribution in [1.29, 1.82) is 0 Å². The lowest BCUT2D eigenvalue weighted by Crippen LogP contribution is -2.40. The first-order valence-electron chi connectivity index (χ1n) is 6.94. The summed E-state index contributed by atoms with van der Waals surface area (Å²) < 4.78 is 9.03. The zero-order valence-corrected chi connectivity index (χ0v) is 12.2. The Labute approximate surface area is 125 Å². The molecule has 112 valence electrons. The summed E-state index contributed by atoms with van der Waals surface area (Å²) in [4.78, 5) is 21.3. The minimum absolute atomic E-state index is 0.0154. The van der Waals surface area contributed by atoms with Gasteiger partial charge in [0.25, 0.3) is 0 Å². The molecule has 6 nitrogen and oxygen atoms in total. The molecule has 0 fully saturated rings. The van der Waals surface area contributed by atoms with Crippen molar-refractivity contribution in [2.45, 2.75) is 6.23 Å². The maximum absolute atomic E-state index is 12.8. The lowest BCUT2D eigenvalue weighted by atomic mass is 10.0. The summed E-state index contributed by atoms with van der Waals surface area (Å²) in [6.07, 6.45) is 10.7. The second-order valence-electron chi connectivity index (χ2n) is 5.10. The van der Waals surface area contributed by atoms with Crippen LogP contribution in [0.15, 0.2) is 41.6 Å². The van der Waals surface area contributed by atoms with Crippen LogP contribution >= 0.6 is 0 Å². The van der Waals surface area contributed by atoms with Crippen LogP contribution in [0.25, 0.3) is 28.2 Å². The second kappa shape index (κ2) is 4.64. The Hall–Kier alpha value is -2.73. The van der Waals surface area contributed by atoms with Gasteiger partial charge in [-0.3, -0.25) is 4.79 Å². The number of nitrogens with one attached hydrogen (secondary N) is 1. The first kappa shape index (κ1) is 13.0. The zero-order chi connectivity index (χ0) is 15.3. The Morgan fingerprint density at radius 2 is 2.14 bits per heavy atom. The highest BCUT2D eigenvalue weighted by Gasteiger charge is 2.22. The zero-order valence-electron chi connectivity index (χ0n) is 12.2. The van der Waals surface area contributed by atoms with E-state index < -0.39 is 0 Å². The highest BCUT2D eigenvalue weighted by Crippen LogP contribution is 2.30. The van der Waals surface area contributed by atoms with Crippen molar-refractivity contribution in [3.05, 3.63) is 52.4 Å². The number of allylic oxidation sites excluding steroid dienone is 1. The molecule has 1 aromatic rings. The molecule has 1 unspecified atom stereocenters. The molecule has 3 aliphatic heterocycles. The van der Waals surface area contributed by atoms with Crippen LogP contribution in [0.3, 0.4) is 0 Å². The fourth-order valence-corrected chi connectivity index (χ4v) is 3.09. The fraction of sp³-hybridized carbons (Fsp3) is 0.188. The molecule has 22 heavy (non-hydrogen) atoms. The van der Waals surface area contributed by atoms with E-state index in [2.05, 4.69) is 4.98 Å². The summed E-state index contributed by atoms with van der Waals surface area (Å²) in [5.74, 6) is 0. The third-order valence-electron chi connectivity index (χ3n) is 4.05. The summed E-state index contributed by atoms with van der Waals surface area (Å²) in [7, 11) is 3.22. The summed E-state index contributed by atoms with van der Waals surface area (Å²) in [6, 6.07) is 1.79. The van der Waals surface area contributed by atoms with E-state index in [4.69, 9.17) is 9.57 Å². The second-order valence-corrected chi connectivity index (χ2v) is 5.10. The van der Waals surface area contributed by atoms with Crippen molar-refractivity contribution in [2.24, 2.45) is 0 Å². The van der Waals surface area contributed by atoms with Gasteiger partial charge in [0.15, 0.2) is 6.23 Å². The van der Waals surface area contributed by atoms with Gasteiger partial charge in [0, 0.05) is 36.7 Å². The Morgan fingerprint density at radius 3 is 2.91 bits per heavy atom. The minimum atomic E-state index is -0.313. The lowest BCUT2D eigenvalue weighted by Gasteiger charge is -2.25. The molecular weight excluding hydrogens is 282 g/mol. The standard InChI is InChI=1S/C16H15N3O3/c1-21-14-5-3-4-11-16(20)10-6-7-18(22-2)12-8-17-9-13(15(10)12)19(11)14/h3-9,14,17H,1-2H3. The van der Waals surface area contributed by atoms with Crippen LogP contribution in [0.2, 0.25) is 0 Å². The van der Waals surface area contributed by atoms with Crippen LogP contribution in [0.1, 0.15) is 6.23 Å². The highest BCUT2D eigenvalue weighted by atomic mass is 16.6. The van der Waals surface area contributed by atoms with E-state index in [0.29, 0.717) is 10.7 Å². The van der Waals surface area contributed by atoms with Crippen LogP contribution in [0.4, 0.5) is 0 Å². The molecule has 0 saturated heterocycles. The summed E-state index contributed by atoms with van der Waals surface area (Å²) in [5, 5.41) is 1.28. The van der Waals surface area contributed by atoms with E-state index in [1.807, 2.05) is 35.2 Å². The molecular formula is C16H15N3O3. The summed E-state index contributed by atoms with van der Waals surface area (Å²) in [6.45, 7) is 0. The molecule has 0 aliphatic carbocycles. The molecule has 1 aromatic heterocycles. The van der Waals surface area contributed by atoms with Crippen LogP contribution in [0, 0.1) is 0 Å². The number of nitrogens with zero attached hydrogens (tertiary/aromatic N) is 2. The highest BCUT2D eigenvalue weighted by molar-refractivity contribution is 5.93. The van der Waals surface area contributed by atoms with Gasteiger partial charge in [-0.1, -0.05) is 6.08 Å². The normalized spacial score (nSPS) is 16.7. The predicted octanol–water partition coefficient (Wildman–Crippen LogP) is 1.07. The molecule has 0 bridgehead atoms. The molecule has 0 radical (unpaired) electrons. The molecule has 6 heteroatoms. The topological polar surface area (TPSA) is 61.2 Å². The Balaban J connectivity index is 2.27. The van der Waals surface area contributed by atoms with Crippen molar-refractivity contribution in [3.8, 4) is 11.3 Å². The van der Waals surface area contributed by atoms with Crippen molar-refractivity contribution in [2.75, 3.05) is 14.2 Å². The maximum atomic E-state index is 12.8. The molecule has 0 aromatic carbocycles. The summed E-state index contributed by atoms with van der Waals surface area (Å²) in [5.41, 5.74) is 2.52. The van der Waals surface area contributed by atoms with Gasteiger partial charge in [0.05, 0.1) is 10.9 Å². The van der Waals surface area contributed by atoms with Gasteiger partial charge in [-0.25, -0.2) is 0 Å². The predicted molar refractivity (Wildman–Crippen MR) is 83.4 cm³/mol. The van der Waals surface area contributed by atoms with Gasteiger partial charge in [-0.05, 0) is 18.2 Å². The fourth-order valence-electron chi connectivity index (χ4n) is 3.09. The van der Waals surface area contributed by atoms with Crippen LogP contribution < -0.4 is 15.6 Å². The third kappa shape index (κ3) is 1.55. The van der Waals surface area contributed by atoms with E-state index in [1.54, 1.807) is 31.2 Å². The number of fused-ring (bicyclic) bond motifs is 2. The SMILES string of the molecule is COC1C=CC=c2c(=O)c3ccn(OC)c4c[nH]cc(c3-4)n21. The van der Waals surface area contributed by atoms with Crippen molar-refractivity contribution >= 4 is 17.0 Å². The number of pyridine rings is 3. The van der Waals surface area contributed by atoms with Crippen molar-refractivity contribution in [3.63, 3.8) is 0 Å². The molecule has 4 heterocycles. The third-order valence-corrected chi connectivity index (χ3v) is 4.05. The number of hydrogen-bond acceptors (Lipinski definition) is 3. The Morgan fingerprint density at radius 1 is 1.27 bits per heavy atom. The number of ether oxygens (including phenoxy) is 1. The number of aromatic amines is 1. The molecule has 1 atom stereocenters. The molecule has 0 saturated carbocycles. The first-order valence-corrected chi connectivity index (χ1v) is 6.94. The number of aromatic nitrogens is 3. The molecule has 0 amide bonds. The van der Waals surface area contributed by atoms with Gasteiger partial charge >= 0.3 is 0 Å². The van der Waals surface area contributed by atoms with Gasteiger partial charge in [0.1, 0.15) is 12.8 Å². The van der Waals surface area contributed by atoms with Crippen molar-refractivity contribution < 1.29 is 9.57 Å². The average molecular weight is 297 g/mol. The number of rotatable bonds is 2. The van der Waals surface area contributed by atoms with Crippen LogP contribution in [0.5, 0.6) is 0 Å². The van der Waals surface area contributed by atoms with Gasteiger partial charge in [0.2, 0.25) is 5.43 Å². The van der Waals surface area contributed by atoms with Crippen molar-refractivity contribution in [1.82, 2.24) is 14.3 Å². The van der Waals surface area contributed by atoms with E-state index in [1.165, 1.54) is 0 Å². The van der Waals surface area contributed by atoms with E-state index in [9.17, 15) is 4.79 Å². The quantitative estimate of drug-likeness (QED) is 0.769. The molecule has 1 N–H and O–H groups in total. The van der Waals surface area contributed by atoms with Crippen LogP contribution in [-0.2, 0) is 4.74 Å². The van der Waals surface area contributed by atoms with Gasteiger partial charge in [-0.2, -0.15) is 4.73 Å². The Kier molecular flexibility index (Phi) is 2.74. The van der Waals surface area contributed by atoms with E-state index in [-0.39, 0.29) is 11.7 Å². The van der Waals surface area contributed by atoms with Crippen LogP contribution in [-0.4, -0.2) is 28.5 Å². The number of hydrogen-bond donors (Lipinski definition) is 1. The molecule has 4 rings (SSSR count).